The molecule has 0 unspecified atom stereocenters. The van der Waals surface area contributed by atoms with Crippen LogP contribution in [0.3, 0.4) is 0 Å². The molecule has 0 saturated heterocycles. The van der Waals surface area contributed by atoms with Gasteiger partial charge in [-0.2, -0.15) is 5.10 Å². The molecule has 0 bridgehead atoms. The van der Waals surface area contributed by atoms with Gasteiger partial charge in [0.15, 0.2) is 5.65 Å². The maximum atomic E-state index is 5.67. The zero-order valence-corrected chi connectivity index (χ0v) is 9.87. The van der Waals surface area contributed by atoms with Gasteiger partial charge in [-0.05, 0) is 17.7 Å². The molecule has 1 aromatic carbocycles. The van der Waals surface area contributed by atoms with Crippen LogP contribution >= 0.6 is 0 Å². The average Bonchev–Trinajstić information content (AvgIpc) is 2.81. The number of ether oxygens (including phenoxy) is 1. The molecule has 0 aliphatic heterocycles. The highest BCUT2D eigenvalue weighted by molar-refractivity contribution is 5.77. The molecule has 3 rings (SSSR count). The Bertz CT molecular complexity index is 688. The summed E-state index contributed by atoms with van der Waals surface area (Å²) in [5.41, 5.74) is 9.06. The Labute approximate surface area is 104 Å². The molecule has 18 heavy (non-hydrogen) atoms. The molecule has 2 heterocycles. The van der Waals surface area contributed by atoms with Gasteiger partial charge in [0.25, 0.3) is 0 Å². The lowest BCUT2D eigenvalue weighted by Crippen LogP contribution is -1.94. The van der Waals surface area contributed by atoms with Gasteiger partial charge in [0.2, 0.25) is 0 Å². The molecule has 5 nitrogen and oxygen atoms in total. The summed E-state index contributed by atoms with van der Waals surface area (Å²) in [6.45, 7) is 0. The van der Waals surface area contributed by atoms with Crippen molar-refractivity contribution in [3.63, 3.8) is 0 Å². The summed E-state index contributed by atoms with van der Waals surface area (Å²) in [7, 11) is 1.65. The van der Waals surface area contributed by atoms with Crippen LogP contribution in [0.5, 0.6) is 5.75 Å². The fourth-order valence-corrected chi connectivity index (χ4v) is 1.86. The number of nitrogen functional groups attached to an aromatic ring is 1. The summed E-state index contributed by atoms with van der Waals surface area (Å²) < 4.78 is 6.81. The van der Waals surface area contributed by atoms with Gasteiger partial charge in [0, 0.05) is 5.56 Å². The topological polar surface area (TPSA) is 65.4 Å². The normalized spacial score (nSPS) is 10.7. The molecular formula is C13H12N4O. The van der Waals surface area contributed by atoms with Gasteiger partial charge >= 0.3 is 0 Å². The van der Waals surface area contributed by atoms with Gasteiger partial charge in [-0.15, -0.1) is 0 Å². The molecular weight excluding hydrogens is 228 g/mol. The molecule has 2 N–H and O–H groups in total. The zero-order chi connectivity index (χ0) is 12.5. The van der Waals surface area contributed by atoms with Crippen LogP contribution in [0, 0.1) is 0 Å². The summed E-state index contributed by atoms with van der Waals surface area (Å²) in [4.78, 5) is 4.30. The number of hydrogen-bond donors (Lipinski definition) is 1. The molecule has 0 saturated carbocycles. The Morgan fingerprint density at radius 2 is 1.94 bits per heavy atom. The van der Waals surface area contributed by atoms with Crippen molar-refractivity contribution < 1.29 is 4.74 Å². The predicted octanol–water partition coefficient (Wildman–Crippen LogP) is 1.99. The molecule has 0 amide bonds. The first kappa shape index (κ1) is 10.6. The van der Waals surface area contributed by atoms with Crippen molar-refractivity contribution in [2.45, 2.75) is 0 Å². The number of rotatable bonds is 2. The van der Waals surface area contributed by atoms with E-state index in [4.69, 9.17) is 10.5 Å². The number of methoxy groups -OCH3 is 1. The Morgan fingerprint density at radius 1 is 1.17 bits per heavy atom. The van der Waals surface area contributed by atoms with Crippen LogP contribution in [0.1, 0.15) is 0 Å². The van der Waals surface area contributed by atoms with Crippen LogP contribution in [0.15, 0.2) is 42.9 Å². The molecule has 0 atom stereocenters. The van der Waals surface area contributed by atoms with Crippen molar-refractivity contribution in [1.82, 2.24) is 14.6 Å². The van der Waals surface area contributed by atoms with E-state index in [-0.39, 0.29) is 0 Å². The molecule has 3 aromatic rings. The Balaban J connectivity index is 2.13. The Hall–Kier alpha value is -2.56. The minimum atomic E-state index is 0.590. The number of fused-ring (bicyclic) bond motifs is 1. The minimum absolute atomic E-state index is 0.590. The third kappa shape index (κ3) is 1.66. The molecule has 0 spiro atoms. The third-order valence-corrected chi connectivity index (χ3v) is 2.78. The summed E-state index contributed by atoms with van der Waals surface area (Å²) in [5, 5.41) is 4.24. The predicted molar refractivity (Wildman–Crippen MR) is 69.4 cm³/mol. The fourth-order valence-electron chi connectivity index (χ4n) is 1.86. The van der Waals surface area contributed by atoms with E-state index in [2.05, 4.69) is 10.1 Å². The number of anilines is 1. The van der Waals surface area contributed by atoms with E-state index in [0.29, 0.717) is 5.69 Å². The molecule has 0 radical (unpaired) electrons. The van der Waals surface area contributed by atoms with Crippen LogP contribution in [0.2, 0.25) is 0 Å². The maximum absolute atomic E-state index is 5.67. The van der Waals surface area contributed by atoms with Gasteiger partial charge < -0.3 is 10.5 Å². The SMILES string of the molecule is COc1ccc(-c2cnn3cc(N)cnc23)cc1. The summed E-state index contributed by atoms with van der Waals surface area (Å²) in [5.74, 6) is 0.826. The fraction of sp³-hybridized carbons (Fsp3) is 0.0769. The smallest absolute Gasteiger partial charge is 0.162 e. The quantitative estimate of drug-likeness (QED) is 0.744. The zero-order valence-electron chi connectivity index (χ0n) is 9.87. The first-order valence-corrected chi connectivity index (χ1v) is 5.51. The van der Waals surface area contributed by atoms with Gasteiger partial charge in [-0.3, -0.25) is 0 Å². The van der Waals surface area contributed by atoms with E-state index >= 15 is 0 Å². The van der Waals surface area contributed by atoms with E-state index < -0.39 is 0 Å². The van der Waals surface area contributed by atoms with Crippen molar-refractivity contribution in [3.8, 4) is 16.9 Å². The Kier molecular flexibility index (Phi) is 2.37. The van der Waals surface area contributed by atoms with Crippen LogP contribution in [0.25, 0.3) is 16.8 Å². The van der Waals surface area contributed by atoms with Crippen molar-refractivity contribution in [1.29, 1.82) is 0 Å². The second-order valence-corrected chi connectivity index (χ2v) is 3.94. The first-order valence-electron chi connectivity index (χ1n) is 5.51. The summed E-state index contributed by atoms with van der Waals surface area (Å²) in [6, 6.07) is 7.79. The van der Waals surface area contributed by atoms with E-state index in [1.807, 2.05) is 24.3 Å². The molecule has 0 aliphatic rings. The Morgan fingerprint density at radius 3 is 2.67 bits per heavy atom. The molecule has 90 valence electrons. The van der Waals surface area contributed by atoms with E-state index in [1.54, 1.807) is 30.2 Å². The lowest BCUT2D eigenvalue weighted by atomic mass is 10.1. The second-order valence-electron chi connectivity index (χ2n) is 3.94. The van der Waals surface area contributed by atoms with E-state index in [0.717, 1.165) is 22.5 Å². The highest BCUT2D eigenvalue weighted by Crippen LogP contribution is 2.25. The number of nitrogens with two attached hydrogens (primary N) is 1. The highest BCUT2D eigenvalue weighted by Gasteiger charge is 2.07. The lowest BCUT2D eigenvalue weighted by Gasteiger charge is -2.02. The average molecular weight is 240 g/mol. The van der Waals surface area contributed by atoms with Crippen LogP contribution in [-0.2, 0) is 0 Å². The third-order valence-electron chi connectivity index (χ3n) is 2.78. The van der Waals surface area contributed by atoms with Gasteiger partial charge in [-0.1, -0.05) is 12.1 Å². The maximum Gasteiger partial charge on any atom is 0.162 e. The highest BCUT2D eigenvalue weighted by atomic mass is 16.5. The van der Waals surface area contributed by atoms with Crippen molar-refractivity contribution in [2.75, 3.05) is 12.8 Å². The second kappa shape index (κ2) is 4.03. The van der Waals surface area contributed by atoms with Crippen molar-refractivity contribution >= 4 is 11.3 Å². The van der Waals surface area contributed by atoms with Crippen molar-refractivity contribution in [2.24, 2.45) is 0 Å². The number of hydrogen-bond acceptors (Lipinski definition) is 4. The lowest BCUT2D eigenvalue weighted by molar-refractivity contribution is 0.415. The standard InChI is InChI=1S/C13H12N4O/c1-18-11-4-2-9(3-5-11)12-7-16-17-8-10(14)6-15-13(12)17/h2-8H,14H2,1H3. The number of nitrogens with zero attached hydrogens (tertiary/aromatic N) is 3. The molecule has 2 aromatic heterocycles. The molecule has 0 fully saturated rings. The first-order chi connectivity index (χ1) is 8.78. The monoisotopic (exact) mass is 240 g/mol. The molecule has 5 heteroatoms. The van der Waals surface area contributed by atoms with Crippen LogP contribution < -0.4 is 10.5 Å². The van der Waals surface area contributed by atoms with Gasteiger partial charge in [-0.25, -0.2) is 9.50 Å². The number of benzene rings is 1. The van der Waals surface area contributed by atoms with Crippen LogP contribution in [0.4, 0.5) is 5.69 Å². The largest absolute Gasteiger partial charge is 0.497 e. The van der Waals surface area contributed by atoms with Crippen LogP contribution in [-0.4, -0.2) is 21.7 Å². The van der Waals surface area contributed by atoms with Gasteiger partial charge in [0.1, 0.15) is 5.75 Å². The molecule has 0 aliphatic carbocycles. The summed E-state index contributed by atoms with van der Waals surface area (Å²) in [6.07, 6.45) is 5.16. The van der Waals surface area contributed by atoms with E-state index in [9.17, 15) is 0 Å². The number of aromatic nitrogens is 3. The minimum Gasteiger partial charge on any atom is -0.497 e. The van der Waals surface area contributed by atoms with E-state index in [1.165, 1.54) is 0 Å². The summed E-state index contributed by atoms with van der Waals surface area (Å²) >= 11 is 0. The van der Waals surface area contributed by atoms with Crippen molar-refractivity contribution in [3.05, 3.63) is 42.9 Å². The van der Waals surface area contributed by atoms with Gasteiger partial charge in [0.05, 0.1) is 31.4 Å².